The lowest BCUT2D eigenvalue weighted by Crippen LogP contribution is -1.99. The maximum Gasteiger partial charge on any atom is 0.107 e. The maximum absolute atomic E-state index is 9.21. The first-order valence-corrected chi connectivity index (χ1v) is 7.52. The highest BCUT2D eigenvalue weighted by molar-refractivity contribution is 5.31. The van der Waals surface area contributed by atoms with Gasteiger partial charge in [-0.2, -0.15) is 5.26 Å². The molecule has 0 fully saturated rings. The van der Waals surface area contributed by atoms with Gasteiger partial charge in [-0.25, -0.2) is 9.78 Å². The van der Waals surface area contributed by atoms with E-state index in [-0.39, 0.29) is 6.61 Å². The Morgan fingerprint density at radius 3 is 1.83 bits per heavy atom. The molecule has 0 aliphatic heterocycles. The fourth-order valence-corrected chi connectivity index (χ4v) is 2.57. The number of rotatable bonds is 7. The summed E-state index contributed by atoms with van der Waals surface area (Å²) in [4.78, 5) is 10.6. The van der Waals surface area contributed by atoms with Gasteiger partial charge in [0.15, 0.2) is 0 Å². The normalized spacial score (nSPS) is 10.5. The molecular formula is C19H21NO3. The molecule has 0 saturated carbocycles. The second-order valence-corrected chi connectivity index (χ2v) is 5.67. The topological polar surface area (TPSA) is 62.5 Å². The highest BCUT2D eigenvalue weighted by Crippen LogP contribution is 2.14. The highest BCUT2D eigenvalue weighted by Gasteiger charge is 2.02. The lowest BCUT2D eigenvalue weighted by molar-refractivity contribution is -0.313. The Morgan fingerprint density at radius 2 is 1.30 bits per heavy atom. The van der Waals surface area contributed by atoms with E-state index >= 15 is 0 Å². The van der Waals surface area contributed by atoms with Crippen LogP contribution in [-0.2, 0) is 36.0 Å². The number of nitriles is 1. The highest BCUT2D eigenvalue weighted by atomic mass is 17.2. The van der Waals surface area contributed by atoms with Crippen LogP contribution in [0, 0.1) is 25.2 Å². The van der Waals surface area contributed by atoms with E-state index in [0.29, 0.717) is 19.6 Å². The smallest absolute Gasteiger partial charge is 0.107 e. The Morgan fingerprint density at radius 1 is 0.826 bits per heavy atom. The minimum Gasteiger partial charge on any atom is -0.392 e. The van der Waals surface area contributed by atoms with Crippen molar-refractivity contribution in [3.63, 3.8) is 0 Å². The monoisotopic (exact) mass is 311 g/mol. The number of hydrogen-bond donors (Lipinski definition) is 1. The molecule has 4 heteroatoms. The number of aliphatic hydroxyl groups excluding tert-OH is 1. The van der Waals surface area contributed by atoms with E-state index in [1.54, 1.807) is 0 Å². The molecule has 23 heavy (non-hydrogen) atoms. The third kappa shape index (κ3) is 5.50. The van der Waals surface area contributed by atoms with Gasteiger partial charge in [-0.05, 0) is 36.1 Å². The molecule has 4 nitrogen and oxygen atoms in total. The third-order valence-electron chi connectivity index (χ3n) is 3.39. The summed E-state index contributed by atoms with van der Waals surface area (Å²) in [6.45, 7) is 4.65. The van der Waals surface area contributed by atoms with Crippen LogP contribution in [0.1, 0.15) is 33.4 Å². The lowest BCUT2D eigenvalue weighted by Gasteiger charge is -2.08. The van der Waals surface area contributed by atoms with Gasteiger partial charge in [0.2, 0.25) is 0 Å². The molecule has 2 aromatic rings. The molecule has 0 unspecified atom stereocenters. The van der Waals surface area contributed by atoms with Gasteiger partial charge >= 0.3 is 0 Å². The summed E-state index contributed by atoms with van der Waals surface area (Å²) >= 11 is 0. The van der Waals surface area contributed by atoms with Crippen LogP contribution in [0.25, 0.3) is 0 Å². The average Bonchev–Trinajstić information content (AvgIpc) is 2.51. The van der Waals surface area contributed by atoms with Gasteiger partial charge in [-0.1, -0.05) is 47.5 Å². The molecule has 0 aliphatic carbocycles. The van der Waals surface area contributed by atoms with Crippen LogP contribution in [0.4, 0.5) is 0 Å². The number of aliphatic hydroxyl groups is 1. The first kappa shape index (κ1) is 17.2. The van der Waals surface area contributed by atoms with E-state index in [2.05, 4.69) is 6.07 Å². The summed E-state index contributed by atoms with van der Waals surface area (Å²) in [7, 11) is 0. The molecule has 120 valence electrons. The van der Waals surface area contributed by atoms with Crippen molar-refractivity contribution in [2.45, 2.75) is 40.1 Å². The second-order valence-electron chi connectivity index (χ2n) is 5.67. The maximum atomic E-state index is 9.21. The summed E-state index contributed by atoms with van der Waals surface area (Å²) in [5.41, 5.74) is 5.97. The first-order chi connectivity index (χ1) is 11.1. The average molecular weight is 311 g/mol. The Kier molecular flexibility index (Phi) is 6.30. The van der Waals surface area contributed by atoms with Crippen molar-refractivity contribution < 1.29 is 14.9 Å². The molecule has 0 saturated heterocycles. The van der Waals surface area contributed by atoms with E-state index in [4.69, 9.17) is 15.0 Å². The summed E-state index contributed by atoms with van der Waals surface area (Å²) in [5.74, 6) is 0. The summed E-state index contributed by atoms with van der Waals surface area (Å²) in [6.07, 6.45) is 0.392. The minimum atomic E-state index is 0.0144. The van der Waals surface area contributed by atoms with Crippen molar-refractivity contribution in [2.24, 2.45) is 0 Å². The lowest BCUT2D eigenvalue weighted by atomic mass is 10.1. The van der Waals surface area contributed by atoms with E-state index in [9.17, 15) is 5.11 Å². The summed E-state index contributed by atoms with van der Waals surface area (Å²) in [6, 6.07) is 14.0. The van der Waals surface area contributed by atoms with Crippen LogP contribution in [-0.4, -0.2) is 5.11 Å². The predicted molar refractivity (Wildman–Crippen MR) is 87.2 cm³/mol. The number of benzene rings is 2. The fourth-order valence-electron chi connectivity index (χ4n) is 2.57. The van der Waals surface area contributed by atoms with Gasteiger partial charge in [0.05, 0.1) is 19.1 Å². The molecular weight excluding hydrogens is 290 g/mol. The molecule has 0 radical (unpaired) electrons. The quantitative estimate of drug-likeness (QED) is 0.483. The van der Waals surface area contributed by atoms with Crippen LogP contribution in [0.15, 0.2) is 36.4 Å². The SMILES string of the molecule is Cc1cc(CO)cc(COOCc2cc(C)cc(CC#N)c2)c1. The zero-order valence-corrected chi connectivity index (χ0v) is 13.5. The second kappa shape index (κ2) is 8.44. The van der Waals surface area contributed by atoms with E-state index in [1.807, 2.05) is 50.2 Å². The van der Waals surface area contributed by atoms with E-state index in [0.717, 1.165) is 33.4 Å². The fraction of sp³-hybridized carbons (Fsp3) is 0.316. The Balaban J connectivity index is 1.88. The molecule has 0 heterocycles. The van der Waals surface area contributed by atoms with Crippen LogP contribution in [0.2, 0.25) is 0 Å². The third-order valence-corrected chi connectivity index (χ3v) is 3.39. The molecule has 0 amide bonds. The molecule has 0 bridgehead atoms. The zero-order chi connectivity index (χ0) is 16.7. The molecule has 0 atom stereocenters. The standard InChI is InChI=1S/C19H21NO3/c1-14-5-16(3-4-20)9-18(7-14)12-22-23-13-19-8-15(2)6-17(10-19)11-21/h5-10,21H,3,11-13H2,1-2H3. The van der Waals surface area contributed by atoms with E-state index < -0.39 is 0 Å². The van der Waals surface area contributed by atoms with Crippen LogP contribution >= 0.6 is 0 Å². The number of aryl methyl sites for hydroxylation is 2. The summed E-state index contributed by atoms with van der Waals surface area (Å²) in [5, 5.41) is 18.0. The Labute approximate surface area is 136 Å². The predicted octanol–water partition coefficient (Wildman–Crippen LogP) is 3.51. The first-order valence-electron chi connectivity index (χ1n) is 7.52. The van der Waals surface area contributed by atoms with Crippen molar-refractivity contribution in [1.29, 1.82) is 5.26 Å². The molecule has 0 aromatic heterocycles. The zero-order valence-electron chi connectivity index (χ0n) is 13.5. The van der Waals surface area contributed by atoms with Gasteiger partial charge < -0.3 is 5.11 Å². The molecule has 2 rings (SSSR count). The molecule has 0 spiro atoms. The molecule has 2 aromatic carbocycles. The van der Waals surface area contributed by atoms with Gasteiger partial charge in [-0.3, -0.25) is 0 Å². The van der Waals surface area contributed by atoms with Gasteiger partial charge in [0.25, 0.3) is 0 Å². The largest absolute Gasteiger partial charge is 0.392 e. The van der Waals surface area contributed by atoms with Crippen LogP contribution in [0.5, 0.6) is 0 Å². The van der Waals surface area contributed by atoms with Crippen LogP contribution in [0.3, 0.4) is 0 Å². The Bertz CT molecular complexity index is 704. The Hall–Kier alpha value is -2.19. The van der Waals surface area contributed by atoms with Gasteiger partial charge in [0.1, 0.15) is 13.2 Å². The van der Waals surface area contributed by atoms with Crippen LogP contribution < -0.4 is 0 Å². The van der Waals surface area contributed by atoms with Crippen molar-refractivity contribution in [3.8, 4) is 6.07 Å². The van der Waals surface area contributed by atoms with E-state index in [1.165, 1.54) is 0 Å². The minimum absolute atomic E-state index is 0.0144. The van der Waals surface area contributed by atoms with Crippen molar-refractivity contribution in [3.05, 3.63) is 69.8 Å². The van der Waals surface area contributed by atoms with Crippen molar-refractivity contribution in [2.75, 3.05) is 0 Å². The van der Waals surface area contributed by atoms with Crippen molar-refractivity contribution >= 4 is 0 Å². The summed E-state index contributed by atoms with van der Waals surface area (Å²) < 4.78 is 0. The van der Waals surface area contributed by atoms with Gasteiger partial charge in [0, 0.05) is 0 Å². The number of nitrogens with zero attached hydrogens (tertiary/aromatic N) is 1. The van der Waals surface area contributed by atoms with Gasteiger partial charge in [-0.15, -0.1) is 0 Å². The molecule has 0 aliphatic rings. The molecule has 1 N–H and O–H groups in total. The van der Waals surface area contributed by atoms with Crippen molar-refractivity contribution in [1.82, 2.24) is 0 Å². The number of hydrogen-bond acceptors (Lipinski definition) is 4.